The molecule has 12 nitrogen and oxygen atoms in total. The number of amides is 1. The van der Waals surface area contributed by atoms with E-state index in [4.69, 9.17) is 24.9 Å². The van der Waals surface area contributed by atoms with Crippen molar-refractivity contribution in [3.05, 3.63) is 18.5 Å². The standard InChI is InChI=1S/C23H29N7O5S/c1-13(31)35-23(2,3)21(32)25-7-6-8-30-20-18(19(24)26-11-27-20)28-22(30)36-17-10-16-15(33-12-34-16)9-14(17)29(4)5/h9-11H,6-8,12H2,1-5H3,(H,25,32)(H2,24,26,27). The molecule has 2 aromatic heterocycles. The Hall–Kier alpha value is -3.74. The number of aromatic nitrogens is 4. The van der Waals surface area contributed by atoms with Crippen molar-refractivity contribution in [2.45, 2.75) is 49.4 Å². The summed E-state index contributed by atoms with van der Waals surface area (Å²) >= 11 is 1.45. The van der Waals surface area contributed by atoms with Crippen LogP contribution in [-0.2, 0) is 20.9 Å². The van der Waals surface area contributed by atoms with Gasteiger partial charge in [0.25, 0.3) is 5.91 Å². The van der Waals surface area contributed by atoms with Crippen molar-refractivity contribution in [3.63, 3.8) is 0 Å². The average molecular weight is 516 g/mol. The van der Waals surface area contributed by atoms with Crippen LogP contribution in [0, 0.1) is 0 Å². The zero-order valence-electron chi connectivity index (χ0n) is 20.8. The van der Waals surface area contributed by atoms with E-state index >= 15 is 0 Å². The molecule has 0 saturated heterocycles. The number of nitrogens with one attached hydrogen (secondary N) is 1. The lowest BCUT2D eigenvalue weighted by molar-refractivity contribution is -0.162. The van der Waals surface area contributed by atoms with Gasteiger partial charge in [-0.2, -0.15) is 0 Å². The van der Waals surface area contributed by atoms with Gasteiger partial charge < -0.3 is 34.7 Å². The molecular weight excluding hydrogens is 486 g/mol. The van der Waals surface area contributed by atoms with Gasteiger partial charge in [0.05, 0.1) is 5.69 Å². The summed E-state index contributed by atoms with van der Waals surface area (Å²) in [5, 5.41) is 3.49. The highest BCUT2D eigenvalue weighted by molar-refractivity contribution is 7.99. The summed E-state index contributed by atoms with van der Waals surface area (Å²) in [6.45, 7) is 5.42. The van der Waals surface area contributed by atoms with Gasteiger partial charge >= 0.3 is 5.97 Å². The first kappa shape index (κ1) is 25.4. The van der Waals surface area contributed by atoms with E-state index in [9.17, 15) is 9.59 Å². The number of esters is 1. The number of imidazole rings is 1. The molecule has 0 saturated carbocycles. The van der Waals surface area contributed by atoms with Gasteiger partial charge in [0, 0.05) is 51.1 Å². The predicted molar refractivity (Wildman–Crippen MR) is 134 cm³/mol. The maximum Gasteiger partial charge on any atom is 0.303 e. The molecule has 1 aliphatic heterocycles. The van der Waals surface area contributed by atoms with Crippen LogP contribution in [0.1, 0.15) is 27.2 Å². The monoisotopic (exact) mass is 515 g/mol. The van der Waals surface area contributed by atoms with Crippen LogP contribution in [0.4, 0.5) is 11.5 Å². The van der Waals surface area contributed by atoms with Gasteiger partial charge in [-0.3, -0.25) is 9.59 Å². The third-order valence-electron chi connectivity index (χ3n) is 5.45. The van der Waals surface area contributed by atoms with Crippen LogP contribution in [-0.4, -0.2) is 64.4 Å². The number of carbonyl (C=O) groups excluding carboxylic acids is 2. The molecule has 192 valence electrons. The van der Waals surface area contributed by atoms with Crippen LogP contribution >= 0.6 is 11.8 Å². The van der Waals surface area contributed by atoms with E-state index in [0.29, 0.717) is 47.3 Å². The Balaban J connectivity index is 1.57. The fourth-order valence-corrected chi connectivity index (χ4v) is 4.85. The van der Waals surface area contributed by atoms with E-state index in [-0.39, 0.29) is 18.5 Å². The summed E-state index contributed by atoms with van der Waals surface area (Å²) in [5.41, 5.74) is 6.89. The molecule has 0 spiro atoms. The summed E-state index contributed by atoms with van der Waals surface area (Å²) in [6, 6.07) is 3.87. The molecule has 0 radical (unpaired) electrons. The number of hydrogen-bond donors (Lipinski definition) is 2. The first-order valence-corrected chi connectivity index (χ1v) is 12.1. The first-order chi connectivity index (χ1) is 17.1. The minimum absolute atomic E-state index is 0.181. The Bertz CT molecular complexity index is 1310. The molecule has 0 aliphatic carbocycles. The normalized spacial score (nSPS) is 12.6. The molecule has 0 fully saturated rings. The SMILES string of the molecule is CC(=O)OC(C)(C)C(=O)NCCCn1c(Sc2cc3c(cc2N(C)C)OCO3)nc2c(N)ncnc21. The van der Waals surface area contributed by atoms with Crippen molar-refractivity contribution in [2.24, 2.45) is 0 Å². The van der Waals surface area contributed by atoms with Crippen molar-refractivity contribution >= 4 is 46.3 Å². The Morgan fingerprint density at radius 1 is 1.25 bits per heavy atom. The zero-order chi connectivity index (χ0) is 26.0. The molecule has 0 bridgehead atoms. The fraction of sp³-hybridized carbons (Fsp3) is 0.435. The second-order valence-corrected chi connectivity index (χ2v) is 9.87. The highest BCUT2D eigenvalue weighted by Crippen LogP contribution is 2.44. The fourth-order valence-electron chi connectivity index (χ4n) is 3.71. The second kappa shape index (κ2) is 10.1. The number of nitrogen functional groups attached to an aromatic ring is 1. The van der Waals surface area contributed by atoms with Crippen molar-refractivity contribution in [3.8, 4) is 11.5 Å². The molecule has 3 heterocycles. The quantitative estimate of drug-likeness (QED) is 0.319. The number of nitrogens with two attached hydrogens (primary N) is 1. The Morgan fingerprint density at radius 2 is 1.97 bits per heavy atom. The van der Waals surface area contributed by atoms with E-state index in [0.717, 1.165) is 10.6 Å². The zero-order valence-corrected chi connectivity index (χ0v) is 21.6. The third kappa shape index (κ3) is 5.25. The molecule has 13 heteroatoms. The maximum atomic E-state index is 12.4. The van der Waals surface area contributed by atoms with Crippen molar-refractivity contribution < 1.29 is 23.8 Å². The Kier molecular flexibility index (Phi) is 7.11. The second-order valence-electron chi connectivity index (χ2n) is 8.86. The molecular formula is C23H29N7O5S. The van der Waals surface area contributed by atoms with Gasteiger partial charge in [-0.25, -0.2) is 15.0 Å². The first-order valence-electron chi connectivity index (χ1n) is 11.3. The molecule has 0 unspecified atom stereocenters. The van der Waals surface area contributed by atoms with Crippen molar-refractivity contribution in [1.29, 1.82) is 0 Å². The highest BCUT2D eigenvalue weighted by atomic mass is 32.2. The Morgan fingerprint density at radius 3 is 2.67 bits per heavy atom. The lowest BCUT2D eigenvalue weighted by Crippen LogP contribution is -2.45. The van der Waals surface area contributed by atoms with Gasteiger partial charge in [-0.05, 0) is 32.0 Å². The lowest BCUT2D eigenvalue weighted by Gasteiger charge is -2.23. The summed E-state index contributed by atoms with van der Waals surface area (Å²) in [4.78, 5) is 39.8. The van der Waals surface area contributed by atoms with Gasteiger partial charge in [0.2, 0.25) is 6.79 Å². The summed E-state index contributed by atoms with van der Waals surface area (Å²) < 4.78 is 18.2. The number of rotatable bonds is 9. The van der Waals surface area contributed by atoms with Crippen LogP contribution in [0.25, 0.3) is 11.2 Å². The average Bonchev–Trinajstić information content (AvgIpc) is 3.40. The highest BCUT2D eigenvalue weighted by Gasteiger charge is 2.30. The Labute approximate surface area is 212 Å². The van der Waals surface area contributed by atoms with E-state index in [1.165, 1.54) is 25.0 Å². The predicted octanol–water partition coefficient (Wildman–Crippen LogP) is 2.20. The van der Waals surface area contributed by atoms with Crippen LogP contribution in [0.2, 0.25) is 0 Å². The van der Waals surface area contributed by atoms with Gasteiger partial charge in [0.1, 0.15) is 6.33 Å². The smallest absolute Gasteiger partial charge is 0.303 e. The minimum atomic E-state index is -1.25. The molecule has 3 aromatic rings. The van der Waals surface area contributed by atoms with Crippen LogP contribution < -0.4 is 25.4 Å². The summed E-state index contributed by atoms with van der Waals surface area (Å²) in [7, 11) is 3.90. The number of ether oxygens (including phenoxy) is 3. The summed E-state index contributed by atoms with van der Waals surface area (Å²) in [5.74, 6) is 0.766. The van der Waals surface area contributed by atoms with E-state index in [1.54, 1.807) is 13.8 Å². The molecule has 1 aliphatic rings. The number of hydrogen-bond acceptors (Lipinski definition) is 11. The maximum absolute atomic E-state index is 12.4. The van der Waals surface area contributed by atoms with E-state index in [2.05, 4.69) is 15.3 Å². The largest absolute Gasteiger partial charge is 0.454 e. The number of anilines is 2. The molecule has 1 amide bonds. The van der Waals surface area contributed by atoms with E-state index in [1.807, 2.05) is 35.7 Å². The van der Waals surface area contributed by atoms with Crippen molar-refractivity contribution in [2.75, 3.05) is 38.1 Å². The van der Waals surface area contributed by atoms with Crippen LogP contribution in [0.5, 0.6) is 11.5 Å². The molecule has 4 rings (SSSR count). The minimum Gasteiger partial charge on any atom is -0.454 e. The number of aryl methyl sites for hydroxylation is 1. The van der Waals surface area contributed by atoms with Gasteiger partial charge in [0.15, 0.2) is 39.2 Å². The number of nitrogens with zero attached hydrogens (tertiary/aromatic N) is 5. The lowest BCUT2D eigenvalue weighted by atomic mass is 10.1. The molecule has 0 atom stereocenters. The van der Waals surface area contributed by atoms with E-state index < -0.39 is 11.6 Å². The van der Waals surface area contributed by atoms with Gasteiger partial charge in [-0.15, -0.1) is 0 Å². The number of carbonyl (C=O) groups is 2. The third-order valence-corrected chi connectivity index (χ3v) is 6.49. The van der Waals surface area contributed by atoms with Crippen LogP contribution in [0.15, 0.2) is 28.5 Å². The topological polar surface area (TPSA) is 147 Å². The number of fused-ring (bicyclic) bond motifs is 2. The summed E-state index contributed by atoms with van der Waals surface area (Å²) in [6.07, 6.45) is 1.98. The molecule has 3 N–H and O–H groups in total. The number of benzene rings is 1. The molecule has 1 aromatic carbocycles. The van der Waals surface area contributed by atoms with Crippen molar-refractivity contribution in [1.82, 2.24) is 24.8 Å². The van der Waals surface area contributed by atoms with Gasteiger partial charge in [-0.1, -0.05) is 0 Å². The molecule has 36 heavy (non-hydrogen) atoms. The van der Waals surface area contributed by atoms with Crippen LogP contribution in [0.3, 0.4) is 0 Å².